The van der Waals surface area contributed by atoms with E-state index in [0.29, 0.717) is 0 Å². The Morgan fingerprint density at radius 2 is 1.94 bits per heavy atom. The van der Waals surface area contributed by atoms with E-state index in [9.17, 15) is 0 Å². The Morgan fingerprint density at radius 1 is 1.22 bits per heavy atom. The van der Waals surface area contributed by atoms with Crippen LogP contribution in [0.4, 0.5) is 0 Å². The number of nitrogens with zero attached hydrogens (tertiary/aromatic N) is 1. The normalized spacial score (nSPS) is 12.7. The molecular formula is C14H19N3O. The number of furan rings is 1. The number of hydrogen-bond acceptors (Lipinski definition) is 4. The van der Waals surface area contributed by atoms with E-state index in [1.165, 1.54) is 0 Å². The van der Waals surface area contributed by atoms with Crippen molar-refractivity contribution in [2.75, 3.05) is 0 Å². The van der Waals surface area contributed by atoms with Crippen LogP contribution in [0.15, 0.2) is 22.9 Å². The lowest BCUT2D eigenvalue weighted by atomic mass is 9.94. The first-order chi connectivity index (χ1) is 8.56. The maximum absolute atomic E-state index is 5.73. The minimum atomic E-state index is -0.0869. The monoisotopic (exact) mass is 245 g/mol. The number of aryl methyl sites for hydroxylation is 3. The van der Waals surface area contributed by atoms with Crippen molar-refractivity contribution in [3.8, 4) is 0 Å². The summed E-state index contributed by atoms with van der Waals surface area (Å²) in [5, 5.41) is 0. The molecular weight excluding hydrogens is 226 g/mol. The Balaban J connectivity index is 2.56. The minimum absolute atomic E-state index is 0.0869. The second kappa shape index (κ2) is 4.92. The summed E-state index contributed by atoms with van der Waals surface area (Å²) in [5.74, 6) is 7.57. The summed E-state index contributed by atoms with van der Waals surface area (Å²) in [4.78, 5) is 4.18. The summed E-state index contributed by atoms with van der Waals surface area (Å²) in [6.07, 6.45) is 3.63. The van der Waals surface area contributed by atoms with Crippen LogP contribution in [-0.4, -0.2) is 4.98 Å². The molecule has 0 fully saturated rings. The highest BCUT2D eigenvalue weighted by molar-refractivity contribution is 5.41. The van der Waals surface area contributed by atoms with Crippen LogP contribution in [0.2, 0.25) is 0 Å². The molecule has 4 heteroatoms. The van der Waals surface area contributed by atoms with Gasteiger partial charge in [0, 0.05) is 18.0 Å². The van der Waals surface area contributed by atoms with Crippen molar-refractivity contribution in [1.82, 2.24) is 10.4 Å². The molecule has 0 aromatic carbocycles. The third-order valence-electron chi connectivity index (χ3n) is 3.46. The van der Waals surface area contributed by atoms with E-state index in [-0.39, 0.29) is 6.04 Å². The molecule has 2 aromatic rings. The molecule has 2 aromatic heterocycles. The summed E-state index contributed by atoms with van der Waals surface area (Å²) in [6.45, 7) is 8.04. The predicted octanol–water partition coefficient (Wildman–Crippen LogP) is 2.46. The molecule has 0 spiro atoms. The summed E-state index contributed by atoms with van der Waals surface area (Å²) >= 11 is 0. The van der Waals surface area contributed by atoms with Gasteiger partial charge in [-0.05, 0) is 50.5 Å². The van der Waals surface area contributed by atoms with Gasteiger partial charge in [0.2, 0.25) is 0 Å². The first kappa shape index (κ1) is 12.8. The highest BCUT2D eigenvalue weighted by atomic mass is 16.3. The number of rotatable bonds is 3. The first-order valence-corrected chi connectivity index (χ1v) is 5.99. The van der Waals surface area contributed by atoms with Crippen LogP contribution in [0.3, 0.4) is 0 Å². The predicted molar refractivity (Wildman–Crippen MR) is 71.1 cm³/mol. The number of hydrogen-bond donors (Lipinski definition) is 2. The van der Waals surface area contributed by atoms with Crippen LogP contribution < -0.4 is 11.3 Å². The van der Waals surface area contributed by atoms with Gasteiger partial charge < -0.3 is 4.42 Å². The van der Waals surface area contributed by atoms with Crippen molar-refractivity contribution >= 4 is 0 Å². The largest absolute Gasteiger partial charge is 0.466 e. The lowest BCUT2D eigenvalue weighted by Crippen LogP contribution is -2.30. The molecule has 3 N–H and O–H groups in total. The molecule has 0 aliphatic carbocycles. The number of nitrogens with two attached hydrogens (primary N) is 1. The quantitative estimate of drug-likeness (QED) is 0.644. The van der Waals surface area contributed by atoms with E-state index in [1.54, 1.807) is 6.20 Å². The Morgan fingerprint density at radius 3 is 2.44 bits per heavy atom. The number of pyridine rings is 1. The topological polar surface area (TPSA) is 64.1 Å². The Labute approximate surface area is 107 Å². The zero-order valence-electron chi connectivity index (χ0n) is 11.2. The fourth-order valence-electron chi connectivity index (χ4n) is 2.34. The van der Waals surface area contributed by atoms with Crippen molar-refractivity contribution < 1.29 is 4.42 Å². The van der Waals surface area contributed by atoms with E-state index < -0.39 is 0 Å². The standard InChI is InChI=1S/C14H19N3O/c1-8-5-6-16-7-12(8)14(17-15)13-9(2)10(3)18-11(13)4/h5-7,14,17H,15H2,1-4H3. The molecule has 4 nitrogen and oxygen atoms in total. The van der Waals surface area contributed by atoms with Gasteiger partial charge in [0.1, 0.15) is 11.5 Å². The van der Waals surface area contributed by atoms with Gasteiger partial charge in [-0.15, -0.1) is 0 Å². The van der Waals surface area contributed by atoms with Gasteiger partial charge in [-0.25, -0.2) is 5.43 Å². The van der Waals surface area contributed by atoms with Crippen molar-refractivity contribution in [2.45, 2.75) is 33.7 Å². The van der Waals surface area contributed by atoms with E-state index >= 15 is 0 Å². The van der Waals surface area contributed by atoms with E-state index in [0.717, 1.165) is 33.8 Å². The van der Waals surface area contributed by atoms with Crippen molar-refractivity contribution in [3.05, 3.63) is 52.2 Å². The fourth-order valence-corrected chi connectivity index (χ4v) is 2.34. The molecule has 0 aliphatic heterocycles. The van der Waals surface area contributed by atoms with Crippen LogP contribution in [-0.2, 0) is 0 Å². The molecule has 1 unspecified atom stereocenters. The average Bonchev–Trinajstić information content (AvgIpc) is 2.59. The molecule has 0 amide bonds. The number of nitrogens with one attached hydrogen (secondary N) is 1. The van der Waals surface area contributed by atoms with Crippen LogP contribution in [0.1, 0.15) is 39.8 Å². The summed E-state index contributed by atoms with van der Waals surface area (Å²) in [6, 6.07) is 1.90. The molecule has 0 saturated carbocycles. The zero-order chi connectivity index (χ0) is 13.3. The van der Waals surface area contributed by atoms with Crippen molar-refractivity contribution in [2.24, 2.45) is 5.84 Å². The van der Waals surface area contributed by atoms with Gasteiger partial charge in [-0.1, -0.05) is 0 Å². The molecule has 0 saturated heterocycles. The fraction of sp³-hybridized carbons (Fsp3) is 0.357. The lowest BCUT2D eigenvalue weighted by molar-refractivity contribution is 0.494. The van der Waals surface area contributed by atoms with Crippen LogP contribution >= 0.6 is 0 Å². The number of hydrazine groups is 1. The summed E-state index contributed by atoms with van der Waals surface area (Å²) in [7, 11) is 0. The highest BCUT2D eigenvalue weighted by Gasteiger charge is 2.22. The van der Waals surface area contributed by atoms with Gasteiger partial charge in [-0.3, -0.25) is 10.8 Å². The maximum atomic E-state index is 5.73. The summed E-state index contributed by atoms with van der Waals surface area (Å²) < 4.78 is 5.67. The smallest absolute Gasteiger partial charge is 0.106 e. The van der Waals surface area contributed by atoms with Gasteiger partial charge in [0.05, 0.1) is 6.04 Å². The molecule has 2 rings (SSSR count). The molecule has 1 atom stereocenters. The van der Waals surface area contributed by atoms with Gasteiger partial charge in [0.25, 0.3) is 0 Å². The third kappa shape index (κ3) is 2.05. The molecule has 2 heterocycles. The third-order valence-corrected chi connectivity index (χ3v) is 3.46. The van der Waals surface area contributed by atoms with E-state index in [2.05, 4.69) is 24.3 Å². The highest BCUT2D eigenvalue weighted by Crippen LogP contribution is 2.31. The van der Waals surface area contributed by atoms with E-state index in [4.69, 9.17) is 10.3 Å². The molecule has 18 heavy (non-hydrogen) atoms. The summed E-state index contributed by atoms with van der Waals surface area (Å²) in [5.41, 5.74) is 7.34. The van der Waals surface area contributed by atoms with Crippen LogP contribution in [0.5, 0.6) is 0 Å². The van der Waals surface area contributed by atoms with Crippen LogP contribution in [0.25, 0.3) is 0 Å². The molecule has 96 valence electrons. The van der Waals surface area contributed by atoms with Crippen molar-refractivity contribution in [1.29, 1.82) is 0 Å². The first-order valence-electron chi connectivity index (χ1n) is 5.99. The van der Waals surface area contributed by atoms with Gasteiger partial charge >= 0.3 is 0 Å². The minimum Gasteiger partial charge on any atom is -0.466 e. The second-order valence-corrected chi connectivity index (χ2v) is 4.59. The Bertz CT molecular complexity index is 560. The Hall–Kier alpha value is -1.65. The van der Waals surface area contributed by atoms with E-state index in [1.807, 2.05) is 26.1 Å². The molecule has 0 radical (unpaired) electrons. The van der Waals surface area contributed by atoms with Gasteiger partial charge in [0.15, 0.2) is 0 Å². The lowest BCUT2D eigenvalue weighted by Gasteiger charge is -2.18. The number of aromatic nitrogens is 1. The van der Waals surface area contributed by atoms with Crippen LogP contribution in [0, 0.1) is 27.7 Å². The molecule has 0 bridgehead atoms. The van der Waals surface area contributed by atoms with Gasteiger partial charge in [-0.2, -0.15) is 0 Å². The maximum Gasteiger partial charge on any atom is 0.106 e. The average molecular weight is 245 g/mol. The second-order valence-electron chi connectivity index (χ2n) is 4.59. The zero-order valence-corrected chi connectivity index (χ0v) is 11.2. The Kier molecular flexibility index (Phi) is 3.50. The molecule has 0 aliphatic rings. The SMILES string of the molecule is Cc1ccncc1C(NN)c1c(C)oc(C)c1C. The van der Waals surface area contributed by atoms with Crippen molar-refractivity contribution in [3.63, 3.8) is 0 Å².